The Bertz CT molecular complexity index is 528. The Hall–Kier alpha value is -1.92. The van der Waals surface area contributed by atoms with Crippen LogP contribution in [0.15, 0.2) is 24.3 Å². The van der Waals surface area contributed by atoms with E-state index in [1.807, 2.05) is 11.9 Å². The van der Waals surface area contributed by atoms with E-state index in [4.69, 9.17) is 11.5 Å². The van der Waals surface area contributed by atoms with Gasteiger partial charge in [0.25, 0.3) is 5.91 Å². The van der Waals surface area contributed by atoms with Gasteiger partial charge in [-0.3, -0.25) is 14.5 Å². The van der Waals surface area contributed by atoms with Gasteiger partial charge in [0, 0.05) is 12.6 Å². The second kappa shape index (κ2) is 6.69. The largest absolute Gasteiger partial charge is 0.366 e. The number of hydrogen-bond donors (Lipinski definition) is 3. The summed E-state index contributed by atoms with van der Waals surface area (Å²) in [4.78, 5) is 25.4. The van der Waals surface area contributed by atoms with Gasteiger partial charge in [-0.05, 0) is 37.9 Å². The predicted octanol–water partition coefficient (Wildman–Crippen LogP) is 0.393. The lowest BCUT2D eigenvalue weighted by Gasteiger charge is -2.26. The third kappa shape index (κ3) is 4.03. The molecule has 6 nitrogen and oxygen atoms in total. The summed E-state index contributed by atoms with van der Waals surface area (Å²) in [6.07, 6.45) is 2.36. The number of likely N-dealkylation sites (N-methyl/N-ethyl adjacent to an activating group) is 1. The molecule has 5 N–H and O–H groups in total. The fourth-order valence-corrected chi connectivity index (χ4v) is 2.55. The smallest absolute Gasteiger partial charge is 0.250 e. The molecule has 0 aromatic heterocycles. The topological polar surface area (TPSA) is 101 Å². The highest BCUT2D eigenvalue weighted by atomic mass is 16.2. The van der Waals surface area contributed by atoms with Gasteiger partial charge in [-0.2, -0.15) is 0 Å². The monoisotopic (exact) mass is 290 g/mol. The summed E-state index contributed by atoms with van der Waals surface area (Å²) in [6.45, 7) is 0.789. The molecule has 1 aromatic rings. The molecule has 0 heterocycles. The molecule has 21 heavy (non-hydrogen) atoms. The van der Waals surface area contributed by atoms with Crippen molar-refractivity contribution in [3.8, 4) is 0 Å². The minimum Gasteiger partial charge on any atom is -0.366 e. The maximum Gasteiger partial charge on any atom is 0.250 e. The molecule has 1 aromatic carbocycles. The predicted molar refractivity (Wildman–Crippen MR) is 81.8 cm³/mol. The Balaban J connectivity index is 1.97. The van der Waals surface area contributed by atoms with Crippen LogP contribution in [-0.2, 0) is 4.79 Å². The van der Waals surface area contributed by atoms with Crippen LogP contribution in [0.5, 0.6) is 0 Å². The van der Waals surface area contributed by atoms with Crippen molar-refractivity contribution in [2.75, 3.05) is 25.5 Å². The molecule has 6 heteroatoms. The highest BCUT2D eigenvalue weighted by molar-refractivity contribution is 6.03. The number of rotatable bonds is 7. The van der Waals surface area contributed by atoms with Crippen molar-refractivity contribution in [2.45, 2.75) is 18.9 Å². The molecule has 2 rings (SSSR count). The van der Waals surface area contributed by atoms with Crippen LogP contribution in [0, 0.1) is 5.92 Å². The second-order valence-corrected chi connectivity index (χ2v) is 5.51. The van der Waals surface area contributed by atoms with Gasteiger partial charge >= 0.3 is 0 Å². The van der Waals surface area contributed by atoms with Crippen LogP contribution in [0.2, 0.25) is 0 Å². The summed E-state index contributed by atoms with van der Waals surface area (Å²) in [7, 11) is 1.90. The first-order valence-corrected chi connectivity index (χ1v) is 7.12. The van der Waals surface area contributed by atoms with Crippen molar-refractivity contribution in [3.63, 3.8) is 0 Å². The molecule has 114 valence electrons. The SMILES string of the molecule is CN(CC(=O)Nc1ccccc1C(N)=O)C(CN)C1CC1. The summed E-state index contributed by atoms with van der Waals surface area (Å²) in [6, 6.07) is 6.95. The Kier molecular flexibility index (Phi) is 4.93. The maximum atomic E-state index is 12.1. The van der Waals surface area contributed by atoms with Crippen LogP contribution in [0.4, 0.5) is 5.69 Å². The molecule has 0 aliphatic heterocycles. The van der Waals surface area contributed by atoms with Gasteiger partial charge < -0.3 is 16.8 Å². The van der Waals surface area contributed by atoms with Crippen LogP contribution in [0.3, 0.4) is 0 Å². The van der Waals surface area contributed by atoms with Crippen LogP contribution in [0.25, 0.3) is 0 Å². The number of carbonyl (C=O) groups excluding carboxylic acids is 2. The van der Waals surface area contributed by atoms with Gasteiger partial charge in [0.1, 0.15) is 0 Å². The van der Waals surface area contributed by atoms with E-state index in [2.05, 4.69) is 5.32 Å². The number of nitrogens with one attached hydrogen (secondary N) is 1. The molecule has 1 aliphatic carbocycles. The normalized spacial score (nSPS) is 15.8. The van der Waals surface area contributed by atoms with Gasteiger partial charge in [0.15, 0.2) is 0 Å². The standard InChI is InChI=1S/C15H22N4O2/c1-19(13(8-16)10-6-7-10)9-14(20)18-12-5-3-2-4-11(12)15(17)21/h2-5,10,13H,6-9,16H2,1H3,(H2,17,21)(H,18,20). The number of primary amides is 1. The zero-order chi connectivity index (χ0) is 15.4. The van der Waals surface area contributed by atoms with Gasteiger partial charge in [0.05, 0.1) is 17.8 Å². The Morgan fingerprint density at radius 1 is 1.38 bits per heavy atom. The lowest BCUT2D eigenvalue weighted by molar-refractivity contribution is -0.117. The summed E-state index contributed by atoms with van der Waals surface area (Å²) in [5, 5.41) is 2.74. The van der Waals surface area contributed by atoms with Crippen LogP contribution in [0.1, 0.15) is 23.2 Å². The van der Waals surface area contributed by atoms with Gasteiger partial charge in [-0.1, -0.05) is 12.1 Å². The van der Waals surface area contributed by atoms with E-state index in [1.165, 1.54) is 12.8 Å². The number of hydrogen-bond acceptors (Lipinski definition) is 4. The minimum atomic E-state index is -0.558. The molecule has 0 radical (unpaired) electrons. The van der Waals surface area contributed by atoms with Crippen LogP contribution >= 0.6 is 0 Å². The Labute approximate surface area is 124 Å². The lowest BCUT2D eigenvalue weighted by Crippen LogP contribution is -2.43. The second-order valence-electron chi connectivity index (χ2n) is 5.51. The summed E-state index contributed by atoms with van der Waals surface area (Å²) in [5.41, 5.74) is 11.8. The average molecular weight is 290 g/mol. The minimum absolute atomic E-state index is 0.176. The molecule has 1 atom stereocenters. The fraction of sp³-hybridized carbons (Fsp3) is 0.467. The molecule has 1 aliphatic rings. The van der Waals surface area contributed by atoms with E-state index in [1.54, 1.807) is 24.3 Å². The first-order valence-electron chi connectivity index (χ1n) is 7.12. The molecule has 1 fully saturated rings. The van der Waals surface area contributed by atoms with Crippen molar-refractivity contribution in [1.29, 1.82) is 0 Å². The first-order chi connectivity index (χ1) is 10.0. The molecule has 1 unspecified atom stereocenters. The molecule has 1 saturated carbocycles. The number of carbonyl (C=O) groups is 2. The molecule has 0 saturated heterocycles. The Morgan fingerprint density at radius 2 is 2.05 bits per heavy atom. The van der Waals surface area contributed by atoms with Crippen molar-refractivity contribution in [2.24, 2.45) is 17.4 Å². The summed E-state index contributed by atoms with van der Waals surface area (Å²) < 4.78 is 0. The van der Waals surface area contributed by atoms with E-state index in [-0.39, 0.29) is 18.5 Å². The van der Waals surface area contributed by atoms with Gasteiger partial charge in [-0.25, -0.2) is 0 Å². The zero-order valence-corrected chi connectivity index (χ0v) is 12.2. The number of anilines is 1. The zero-order valence-electron chi connectivity index (χ0n) is 12.2. The molecule has 0 bridgehead atoms. The molecule has 0 spiro atoms. The van der Waals surface area contributed by atoms with Crippen molar-refractivity contribution >= 4 is 17.5 Å². The number of nitrogens with two attached hydrogens (primary N) is 2. The third-order valence-electron chi connectivity index (χ3n) is 3.83. The number of amides is 2. The highest BCUT2D eigenvalue weighted by Gasteiger charge is 2.33. The third-order valence-corrected chi connectivity index (χ3v) is 3.83. The average Bonchev–Trinajstić information content (AvgIpc) is 3.24. The number of nitrogens with zero attached hydrogens (tertiary/aromatic N) is 1. The number of benzene rings is 1. The van der Waals surface area contributed by atoms with E-state index in [9.17, 15) is 9.59 Å². The van der Waals surface area contributed by atoms with E-state index < -0.39 is 5.91 Å². The summed E-state index contributed by atoms with van der Waals surface area (Å²) in [5.74, 6) is -0.131. The van der Waals surface area contributed by atoms with E-state index in [0.717, 1.165) is 0 Å². The maximum absolute atomic E-state index is 12.1. The van der Waals surface area contributed by atoms with Crippen molar-refractivity contribution in [3.05, 3.63) is 29.8 Å². The lowest BCUT2D eigenvalue weighted by atomic mass is 10.1. The molecular formula is C15H22N4O2. The number of para-hydroxylation sites is 1. The first kappa shape index (κ1) is 15.5. The quantitative estimate of drug-likeness (QED) is 0.676. The van der Waals surface area contributed by atoms with Gasteiger partial charge in [-0.15, -0.1) is 0 Å². The van der Waals surface area contributed by atoms with E-state index in [0.29, 0.717) is 23.7 Å². The fourth-order valence-electron chi connectivity index (χ4n) is 2.55. The molecule has 2 amide bonds. The van der Waals surface area contributed by atoms with Crippen molar-refractivity contribution in [1.82, 2.24) is 4.90 Å². The van der Waals surface area contributed by atoms with Crippen molar-refractivity contribution < 1.29 is 9.59 Å². The van der Waals surface area contributed by atoms with Gasteiger partial charge in [0.2, 0.25) is 5.91 Å². The highest BCUT2D eigenvalue weighted by Crippen LogP contribution is 2.34. The van der Waals surface area contributed by atoms with Crippen LogP contribution in [-0.4, -0.2) is 42.9 Å². The van der Waals surface area contributed by atoms with Crippen LogP contribution < -0.4 is 16.8 Å². The Morgan fingerprint density at radius 3 is 2.62 bits per heavy atom. The molecular weight excluding hydrogens is 268 g/mol. The summed E-state index contributed by atoms with van der Waals surface area (Å²) >= 11 is 0. The van der Waals surface area contributed by atoms with E-state index >= 15 is 0 Å².